The number of hydrogen-bond acceptors (Lipinski definition) is 5. The van der Waals surface area contributed by atoms with Gasteiger partial charge in [-0.05, 0) is 30.5 Å². The van der Waals surface area contributed by atoms with Gasteiger partial charge < -0.3 is 25.9 Å². The minimum Gasteiger partial charge on any atom is -0.480 e. The van der Waals surface area contributed by atoms with E-state index in [1.54, 1.807) is 37.3 Å². The van der Waals surface area contributed by atoms with Crippen LogP contribution in [-0.2, 0) is 20.8 Å². The average molecular weight is 421 g/mol. The van der Waals surface area contributed by atoms with Gasteiger partial charge in [-0.25, -0.2) is 0 Å². The summed E-state index contributed by atoms with van der Waals surface area (Å²) >= 11 is 0. The quantitative estimate of drug-likeness (QED) is 0.305. The highest BCUT2D eigenvalue weighted by molar-refractivity contribution is 6.06. The molecule has 5 N–H and O–H groups in total. The van der Waals surface area contributed by atoms with E-state index in [0.717, 1.165) is 16.5 Å². The van der Waals surface area contributed by atoms with Crippen LogP contribution in [0.1, 0.15) is 21.6 Å². The summed E-state index contributed by atoms with van der Waals surface area (Å²) in [6.07, 6.45) is 0.306. The second kappa shape index (κ2) is 9.36. The summed E-state index contributed by atoms with van der Waals surface area (Å²) < 4.78 is 0. The van der Waals surface area contributed by atoms with Crippen LogP contribution < -0.4 is 11.1 Å². The first-order valence-corrected chi connectivity index (χ1v) is 9.73. The average Bonchev–Trinajstić information content (AvgIpc) is 3.11. The molecule has 3 rings (SSSR count). The van der Waals surface area contributed by atoms with Gasteiger partial charge in [-0.2, -0.15) is 0 Å². The molecule has 0 saturated heterocycles. The Morgan fingerprint density at radius 1 is 1.10 bits per heavy atom. The number of aromatic nitrogens is 1. The Balaban J connectivity index is 1.92. The van der Waals surface area contributed by atoms with Gasteiger partial charge in [-0.1, -0.05) is 48.5 Å². The van der Waals surface area contributed by atoms with Crippen molar-refractivity contribution >= 4 is 34.8 Å². The maximum absolute atomic E-state index is 13.0. The van der Waals surface area contributed by atoms with E-state index in [-0.39, 0.29) is 18.4 Å². The second-order valence-corrected chi connectivity index (χ2v) is 7.31. The van der Waals surface area contributed by atoms with E-state index < -0.39 is 35.7 Å². The van der Waals surface area contributed by atoms with Crippen molar-refractivity contribution in [3.8, 4) is 0 Å². The highest BCUT2D eigenvalue weighted by Crippen LogP contribution is 2.21. The Morgan fingerprint density at radius 2 is 1.74 bits per heavy atom. The monoisotopic (exact) mass is 421 g/mol. The lowest BCUT2D eigenvalue weighted by Gasteiger charge is -2.22. The largest absolute Gasteiger partial charge is 0.480 e. The van der Waals surface area contributed by atoms with Crippen LogP contribution in [0.5, 0.6) is 0 Å². The van der Waals surface area contributed by atoms with Gasteiger partial charge in [0, 0.05) is 10.9 Å². The predicted molar refractivity (Wildman–Crippen MR) is 115 cm³/mol. The zero-order chi connectivity index (χ0) is 22.5. The molecule has 1 amide bonds. The zero-order valence-electron chi connectivity index (χ0n) is 16.9. The number of aldehydes is 1. The molecule has 1 unspecified atom stereocenters. The number of amides is 1. The van der Waals surface area contributed by atoms with Crippen LogP contribution in [0.25, 0.3) is 10.9 Å². The number of para-hydroxylation sites is 1. The molecule has 0 aliphatic heterocycles. The van der Waals surface area contributed by atoms with Gasteiger partial charge in [0.1, 0.15) is 23.9 Å². The van der Waals surface area contributed by atoms with Gasteiger partial charge in [0.05, 0.1) is 6.04 Å². The SMILES string of the molecule is Cc1c(C(=O)N[C@@H](Cc2ccccc2)C(=O)[C@H](C=O)C(N)C(=O)O)[nH]c2ccccc12. The number of hydrogen-bond donors (Lipinski definition) is 4. The van der Waals surface area contributed by atoms with Crippen molar-refractivity contribution in [3.05, 3.63) is 71.4 Å². The van der Waals surface area contributed by atoms with Crippen LogP contribution in [0.15, 0.2) is 54.6 Å². The normalized spacial score (nSPS) is 13.9. The second-order valence-electron chi connectivity index (χ2n) is 7.31. The fraction of sp³-hybridized carbons (Fsp3) is 0.217. The molecule has 8 nitrogen and oxygen atoms in total. The Morgan fingerprint density at radius 3 is 2.35 bits per heavy atom. The number of fused-ring (bicyclic) bond motifs is 1. The van der Waals surface area contributed by atoms with Gasteiger partial charge in [0.25, 0.3) is 5.91 Å². The topological polar surface area (TPSA) is 142 Å². The maximum Gasteiger partial charge on any atom is 0.321 e. The molecular weight excluding hydrogens is 398 g/mol. The summed E-state index contributed by atoms with van der Waals surface area (Å²) in [5, 5.41) is 12.7. The Kier molecular flexibility index (Phi) is 6.61. The first kappa shape index (κ1) is 21.9. The summed E-state index contributed by atoms with van der Waals surface area (Å²) in [7, 11) is 0. The van der Waals surface area contributed by atoms with Crippen molar-refractivity contribution < 1.29 is 24.3 Å². The van der Waals surface area contributed by atoms with Crippen LogP contribution >= 0.6 is 0 Å². The van der Waals surface area contributed by atoms with Crippen molar-refractivity contribution in [2.24, 2.45) is 11.7 Å². The highest BCUT2D eigenvalue weighted by atomic mass is 16.4. The van der Waals surface area contributed by atoms with E-state index >= 15 is 0 Å². The molecule has 0 saturated carbocycles. The smallest absolute Gasteiger partial charge is 0.321 e. The zero-order valence-corrected chi connectivity index (χ0v) is 16.9. The molecular formula is C23H23N3O5. The first-order chi connectivity index (χ1) is 14.8. The van der Waals surface area contributed by atoms with E-state index in [9.17, 15) is 19.2 Å². The first-order valence-electron chi connectivity index (χ1n) is 9.73. The van der Waals surface area contributed by atoms with Gasteiger partial charge in [0.2, 0.25) is 0 Å². The summed E-state index contributed by atoms with van der Waals surface area (Å²) in [5.74, 6) is -4.34. The molecule has 1 heterocycles. The van der Waals surface area contributed by atoms with Crippen LogP contribution in [0.4, 0.5) is 0 Å². The van der Waals surface area contributed by atoms with Crippen molar-refractivity contribution in [2.75, 3.05) is 0 Å². The molecule has 0 fully saturated rings. The van der Waals surface area contributed by atoms with Crippen LogP contribution in [0.3, 0.4) is 0 Å². The molecule has 3 aromatic rings. The van der Waals surface area contributed by atoms with Crippen molar-refractivity contribution in [2.45, 2.75) is 25.4 Å². The number of benzene rings is 2. The minimum atomic E-state index is -1.70. The fourth-order valence-corrected chi connectivity index (χ4v) is 3.53. The summed E-state index contributed by atoms with van der Waals surface area (Å²) in [6, 6.07) is 13.5. The van der Waals surface area contributed by atoms with Crippen LogP contribution in [-0.4, -0.2) is 46.1 Å². The number of aromatic amines is 1. The summed E-state index contributed by atoms with van der Waals surface area (Å²) in [6.45, 7) is 1.79. The lowest BCUT2D eigenvalue weighted by molar-refractivity contribution is -0.144. The third-order valence-electron chi connectivity index (χ3n) is 5.27. The van der Waals surface area contributed by atoms with Gasteiger partial charge in [-0.3, -0.25) is 14.4 Å². The number of ketones is 1. The number of carboxylic acid groups (broad SMARTS) is 1. The van der Waals surface area contributed by atoms with E-state index in [4.69, 9.17) is 10.8 Å². The molecule has 1 aromatic heterocycles. The summed E-state index contributed by atoms with van der Waals surface area (Å²) in [5.41, 5.74) is 8.07. The van der Waals surface area contributed by atoms with Gasteiger partial charge >= 0.3 is 5.97 Å². The molecule has 0 aliphatic carbocycles. The number of aryl methyl sites for hydroxylation is 1. The standard InChI is InChI=1S/C23H23N3O5/c1-13-15-9-5-6-10-17(15)25-20(13)22(29)26-18(11-14-7-3-2-4-8-14)21(28)16(12-27)19(24)23(30)31/h2-10,12,16,18-19,25H,11,24H2,1H3,(H,26,29)(H,30,31)/t16-,18+,19?/m1/s1. The molecule has 0 radical (unpaired) electrons. The molecule has 3 atom stereocenters. The van der Waals surface area contributed by atoms with E-state index in [2.05, 4.69) is 10.3 Å². The van der Waals surface area contributed by atoms with Crippen LogP contribution in [0.2, 0.25) is 0 Å². The lowest BCUT2D eigenvalue weighted by Crippen LogP contribution is -2.51. The van der Waals surface area contributed by atoms with Gasteiger partial charge in [0.15, 0.2) is 5.78 Å². The number of nitrogens with two attached hydrogens (primary N) is 1. The third-order valence-corrected chi connectivity index (χ3v) is 5.27. The van der Waals surface area contributed by atoms with Crippen molar-refractivity contribution in [1.82, 2.24) is 10.3 Å². The lowest BCUT2D eigenvalue weighted by atomic mass is 9.89. The molecule has 2 aromatic carbocycles. The summed E-state index contributed by atoms with van der Waals surface area (Å²) in [4.78, 5) is 51.9. The Hall–Kier alpha value is -3.78. The number of aliphatic carboxylic acids is 1. The number of carbonyl (C=O) groups excluding carboxylic acids is 3. The molecule has 0 bridgehead atoms. The van der Waals surface area contributed by atoms with Crippen molar-refractivity contribution in [3.63, 3.8) is 0 Å². The van der Waals surface area contributed by atoms with Crippen LogP contribution in [0, 0.1) is 12.8 Å². The third kappa shape index (κ3) is 4.70. The number of H-pyrrole nitrogens is 1. The molecule has 160 valence electrons. The number of rotatable bonds is 9. The minimum absolute atomic E-state index is 0.0847. The van der Waals surface area contributed by atoms with E-state index in [0.29, 0.717) is 5.56 Å². The number of carboxylic acids is 1. The molecule has 31 heavy (non-hydrogen) atoms. The molecule has 0 spiro atoms. The number of carbonyl (C=O) groups is 4. The fourth-order valence-electron chi connectivity index (χ4n) is 3.53. The highest BCUT2D eigenvalue weighted by Gasteiger charge is 2.36. The number of nitrogens with one attached hydrogen (secondary N) is 2. The predicted octanol–water partition coefficient (Wildman–Crippen LogP) is 1.61. The molecule has 0 aliphatic rings. The Labute approximate surface area is 178 Å². The molecule has 8 heteroatoms. The maximum atomic E-state index is 13.0. The van der Waals surface area contributed by atoms with Crippen molar-refractivity contribution in [1.29, 1.82) is 0 Å². The Bertz CT molecular complexity index is 1120. The number of Topliss-reactive ketones (excluding diaryl/α,β-unsaturated/α-hetero) is 1. The van der Waals surface area contributed by atoms with E-state index in [1.165, 1.54) is 0 Å². The van der Waals surface area contributed by atoms with Gasteiger partial charge in [-0.15, -0.1) is 0 Å². The van der Waals surface area contributed by atoms with E-state index in [1.807, 2.05) is 24.3 Å².